The number of aliphatic hydroxyl groups is 1. The number of halogens is 1. The first-order valence-corrected chi connectivity index (χ1v) is 5.88. The molecule has 1 N–H and O–H groups in total. The van der Waals surface area contributed by atoms with Gasteiger partial charge in [-0.1, -0.05) is 43.3 Å². The zero-order valence-corrected chi connectivity index (χ0v) is 10.2. The van der Waals surface area contributed by atoms with E-state index in [1.165, 1.54) is 5.39 Å². The van der Waals surface area contributed by atoms with Crippen LogP contribution in [0, 0.1) is 0 Å². The van der Waals surface area contributed by atoms with Crippen molar-refractivity contribution in [3.63, 3.8) is 0 Å². The van der Waals surface area contributed by atoms with E-state index in [-0.39, 0.29) is 6.10 Å². The minimum atomic E-state index is -0.385. The van der Waals surface area contributed by atoms with Gasteiger partial charge in [-0.3, -0.25) is 0 Å². The van der Waals surface area contributed by atoms with E-state index in [1.807, 2.05) is 31.2 Å². The Labute approximate surface area is 97.9 Å². The zero-order valence-electron chi connectivity index (χ0n) is 8.57. The molecule has 0 saturated carbocycles. The van der Waals surface area contributed by atoms with Gasteiger partial charge in [-0.2, -0.15) is 0 Å². The number of hydrogen-bond acceptors (Lipinski definition) is 1. The third-order valence-corrected chi connectivity index (χ3v) is 3.52. The summed E-state index contributed by atoms with van der Waals surface area (Å²) in [7, 11) is 0. The molecule has 78 valence electrons. The van der Waals surface area contributed by atoms with Crippen molar-refractivity contribution in [1.29, 1.82) is 0 Å². The van der Waals surface area contributed by atoms with Crippen LogP contribution in [0.3, 0.4) is 0 Å². The molecule has 1 unspecified atom stereocenters. The van der Waals surface area contributed by atoms with Gasteiger partial charge in [0.15, 0.2) is 0 Å². The van der Waals surface area contributed by atoms with Crippen LogP contribution in [0.15, 0.2) is 40.9 Å². The molecule has 0 saturated heterocycles. The summed E-state index contributed by atoms with van der Waals surface area (Å²) in [5.74, 6) is 0. The second-order valence-corrected chi connectivity index (χ2v) is 4.41. The highest BCUT2D eigenvalue weighted by Gasteiger charge is 2.10. The molecule has 2 aromatic rings. The van der Waals surface area contributed by atoms with Gasteiger partial charge in [-0.15, -0.1) is 0 Å². The van der Waals surface area contributed by atoms with Gasteiger partial charge in [0.25, 0.3) is 0 Å². The second kappa shape index (κ2) is 4.33. The average Bonchev–Trinajstić information content (AvgIpc) is 2.29. The minimum absolute atomic E-state index is 0.385. The Kier molecular flexibility index (Phi) is 3.08. The predicted octanol–water partition coefficient (Wildman–Crippen LogP) is 4.05. The van der Waals surface area contributed by atoms with Crippen molar-refractivity contribution < 1.29 is 5.11 Å². The first-order chi connectivity index (χ1) is 7.24. The fourth-order valence-corrected chi connectivity index (χ4v) is 2.49. The number of aliphatic hydroxyl groups excluding tert-OH is 1. The molecule has 0 radical (unpaired) electrons. The molecule has 0 fully saturated rings. The van der Waals surface area contributed by atoms with Crippen LogP contribution in [0.2, 0.25) is 0 Å². The molecular weight excluding hydrogens is 252 g/mol. The van der Waals surface area contributed by atoms with Crippen molar-refractivity contribution in [3.05, 3.63) is 46.4 Å². The summed E-state index contributed by atoms with van der Waals surface area (Å²) in [6.07, 6.45) is 0.348. The number of benzene rings is 2. The summed E-state index contributed by atoms with van der Waals surface area (Å²) < 4.78 is 1.01. The summed E-state index contributed by atoms with van der Waals surface area (Å²) in [4.78, 5) is 0. The molecule has 2 rings (SSSR count). The maximum atomic E-state index is 9.84. The van der Waals surface area contributed by atoms with E-state index in [0.29, 0.717) is 0 Å². The summed E-state index contributed by atoms with van der Waals surface area (Å²) in [6, 6.07) is 12.2. The van der Waals surface area contributed by atoms with Gasteiger partial charge in [-0.05, 0) is 38.7 Å². The number of hydrogen-bond donors (Lipinski definition) is 1. The summed E-state index contributed by atoms with van der Waals surface area (Å²) in [5.41, 5.74) is 0.969. The predicted molar refractivity (Wildman–Crippen MR) is 66.9 cm³/mol. The van der Waals surface area contributed by atoms with Crippen LogP contribution in [-0.2, 0) is 0 Å². The molecule has 0 aliphatic heterocycles. The van der Waals surface area contributed by atoms with E-state index in [2.05, 4.69) is 28.1 Å². The van der Waals surface area contributed by atoms with Crippen molar-refractivity contribution in [2.45, 2.75) is 19.4 Å². The molecule has 0 aliphatic rings. The standard InChI is InChI=1S/C13H13BrO/c1-2-12(15)11-8-7-9-5-3-4-6-10(9)13(11)14/h3-8,12,15H,2H2,1H3. The third kappa shape index (κ3) is 1.92. The topological polar surface area (TPSA) is 20.2 Å². The number of rotatable bonds is 2. The van der Waals surface area contributed by atoms with Gasteiger partial charge >= 0.3 is 0 Å². The van der Waals surface area contributed by atoms with E-state index in [1.54, 1.807) is 0 Å². The largest absolute Gasteiger partial charge is 0.388 e. The van der Waals surface area contributed by atoms with Crippen molar-refractivity contribution >= 4 is 26.7 Å². The Hall–Kier alpha value is -0.860. The van der Waals surface area contributed by atoms with Crippen molar-refractivity contribution in [3.8, 4) is 0 Å². The first kappa shape index (κ1) is 10.7. The Morgan fingerprint density at radius 2 is 1.93 bits per heavy atom. The van der Waals surface area contributed by atoms with E-state index >= 15 is 0 Å². The molecule has 0 amide bonds. The maximum absolute atomic E-state index is 9.84. The van der Waals surface area contributed by atoms with Gasteiger partial charge in [0.2, 0.25) is 0 Å². The summed E-state index contributed by atoms with van der Waals surface area (Å²) >= 11 is 3.56. The quantitative estimate of drug-likeness (QED) is 0.868. The Morgan fingerprint density at radius 1 is 1.20 bits per heavy atom. The average molecular weight is 265 g/mol. The van der Waals surface area contributed by atoms with E-state index in [9.17, 15) is 5.11 Å². The monoisotopic (exact) mass is 264 g/mol. The second-order valence-electron chi connectivity index (χ2n) is 3.61. The lowest BCUT2D eigenvalue weighted by atomic mass is 10.0. The van der Waals surface area contributed by atoms with E-state index in [4.69, 9.17) is 0 Å². The van der Waals surface area contributed by atoms with Gasteiger partial charge in [-0.25, -0.2) is 0 Å². The first-order valence-electron chi connectivity index (χ1n) is 5.09. The molecule has 2 heteroatoms. The lowest BCUT2D eigenvalue weighted by Crippen LogP contribution is -1.96. The highest BCUT2D eigenvalue weighted by Crippen LogP contribution is 2.32. The molecule has 2 aromatic carbocycles. The van der Waals surface area contributed by atoms with Crippen LogP contribution >= 0.6 is 15.9 Å². The Bertz CT molecular complexity index is 479. The minimum Gasteiger partial charge on any atom is -0.388 e. The maximum Gasteiger partial charge on any atom is 0.0798 e. The summed E-state index contributed by atoms with van der Waals surface area (Å²) in [5, 5.41) is 12.2. The van der Waals surface area contributed by atoms with Gasteiger partial charge in [0, 0.05) is 4.47 Å². The van der Waals surface area contributed by atoms with Crippen LogP contribution in [0.5, 0.6) is 0 Å². The fourth-order valence-electron chi connectivity index (χ4n) is 1.73. The summed E-state index contributed by atoms with van der Waals surface area (Å²) in [6.45, 7) is 1.98. The molecule has 0 aliphatic carbocycles. The Morgan fingerprint density at radius 3 is 2.67 bits per heavy atom. The van der Waals surface area contributed by atoms with E-state index in [0.717, 1.165) is 21.8 Å². The highest BCUT2D eigenvalue weighted by atomic mass is 79.9. The van der Waals surface area contributed by atoms with Crippen LogP contribution in [-0.4, -0.2) is 5.11 Å². The molecular formula is C13H13BrO. The normalized spacial score (nSPS) is 13.0. The smallest absolute Gasteiger partial charge is 0.0798 e. The van der Waals surface area contributed by atoms with Crippen molar-refractivity contribution in [2.24, 2.45) is 0 Å². The van der Waals surface area contributed by atoms with Crippen molar-refractivity contribution in [2.75, 3.05) is 0 Å². The molecule has 0 spiro atoms. The van der Waals surface area contributed by atoms with Crippen LogP contribution < -0.4 is 0 Å². The number of fused-ring (bicyclic) bond motifs is 1. The lowest BCUT2D eigenvalue weighted by molar-refractivity contribution is 0.173. The van der Waals surface area contributed by atoms with Crippen LogP contribution in [0.4, 0.5) is 0 Å². The van der Waals surface area contributed by atoms with Gasteiger partial charge < -0.3 is 5.11 Å². The molecule has 0 aromatic heterocycles. The zero-order chi connectivity index (χ0) is 10.8. The molecule has 1 atom stereocenters. The molecule has 1 nitrogen and oxygen atoms in total. The Balaban J connectivity index is 2.65. The van der Waals surface area contributed by atoms with Crippen molar-refractivity contribution in [1.82, 2.24) is 0 Å². The third-order valence-electron chi connectivity index (χ3n) is 2.64. The van der Waals surface area contributed by atoms with E-state index < -0.39 is 0 Å². The van der Waals surface area contributed by atoms with Gasteiger partial charge in [0.1, 0.15) is 0 Å². The SMILES string of the molecule is CCC(O)c1ccc2ccccc2c1Br. The molecule has 15 heavy (non-hydrogen) atoms. The van der Waals surface area contributed by atoms with Crippen LogP contribution in [0.25, 0.3) is 10.8 Å². The fraction of sp³-hybridized carbons (Fsp3) is 0.231. The molecule has 0 heterocycles. The molecule has 0 bridgehead atoms. The van der Waals surface area contributed by atoms with Gasteiger partial charge in [0.05, 0.1) is 6.10 Å². The lowest BCUT2D eigenvalue weighted by Gasteiger charge is -2.12. The highest BCUT2D eigenvalue weighted by molar-refractivity contribution is 9.10. The van der Waals surface area contributed by atoms with Crippen LogP contribution in [0.1, 0.15) is 25.0 Å².